The van der Waals surface area contributed by atoms with Crippen molar-refractivity contribution < 1.29 is 19.5 Å². The number of carboxylic acid groups (broad SMARTS) is 1. The molecule has 0 aliphatic rings. The SMILES string of the molecule is CC(NC(=O)c1cccs1)C(=O)NC(C(=O)O)C(C)C. The molecule has 0 aromatic carbocycles. The van der Waals surface area contributed by atoms with E-state index in [1.807, 2.05) is 0 Å². The first-order valence-corrected chi connectivity index (χ1v) is 7.08. The van der Waals surface area contributed by atoms with Gasteiger partial charge >= 0.3 is 5.97 Å². The summed E-state index contributed by atoms with van der Waals surface area (Å²) in [5, 5.41) is 15.7. The van der Waals surface area contributed by atoms with Gasteiger partial charge in [-0.1, -0.05) is 19.9 Å². The number of nitrogens with one attached hydrogen (secondary N) is 2. The van der Waals surface area contributed by atoms with Crippen LogP contribution < -0.4 is 10.6 Å². The number of aliphatic carboxylic acids is 1. The first-order valence-electron chi connectivity index (χ1n) is 6.20. The summed E-state index contributed by atoms with van der Waals surface area (Å²) in [4.78, 5) is 35.2. The second-order valence-corrected chi connectivity index (χ2v) is 5.69. The van der Waals surface area contributed by atoms with Crippen LogP contribution in [0.3, 0.4) is 0 Å². The van der Waals surface area contributed by atoms with Gasteiger partial charge in [0.15, 0.2) is 0 Å². The fourth-order valence-corrected chi connectivity index (χ4v) is 2.16. The molecule has 1 aromatic heterocycles. The van der Waals surface area contributed by atoms with Crippen LogP contribution in [0.4, 0.5) is 0 Å². The van der Waals surface area contributed by atoms with E-state index in [0.29, 0.717) is 4.88 Å². The zero-order valence-electron chi connectivity index (χ0n) is 11.5. The third-order valence-corrected chi connectivity index (χ3v) is 3.58. The Morgan fingerprint density at radius 2 is 1.85 bits per heavy atom. The molecule has 0 fully saturated rings. The molecule has 0 saturated carbocycles. The maximum Gasteiger partial charge on any atom is 0.326 e. The van der Waals surface area contributed by atoms with Gasteiger partial charge in [-0.15, -0.1) is 11.3 Å². The van der Waals surface area contributed by atoms with Crippen molar-refractivity contribution in [2.45, 2.75) is 32.9 Å². The largest absolute Gasteiger partial charge is 0.480 e. The third kappa shape index (κ3) is 4.34. The quantitative estimate of drug-likeness (QED) is 0.732. The number of rotatable bonds is 6. The highest BCUT2D eigenvalue weighted by molar-refractivity contribution is 7.12. The van der Waals surface area contributed by atoms with Crippen molar-refractivity contribution in [2.75, 3.05) is 0 Å². The monoisotopic (exact) mass is 298 g/mol. The number of hydrogen-bond donors (Lipinski definition) is 3. The molecule has 1 aromatic rings. The van der Waals surface area contributed by atoms with E-state index in [9.17, 15) is 14.4 Å². The minimum atomic E-state index is -1.09. The summed E-state index contributed by atoms with van der Waals surface area (Å²) < 4.78 is 0. The van der Waals surface area contributed by atoms with Gasteiger partial charge < -0.3 is 15.7 Å². The van der Waals surface area contributed by atoms with Gasteiger partial charge in [-0.25, -0.2) is 4.79 Å². The molecule has 2 unspecified atom stereocenters. The van der Waals surface area contributed by atoms with Crippen molar-refractivity contribution >= 4 is 29.1 Å². The van der Waals surface area contributed by atoms with Crippen LogP contribution in [0.15, 0.2) is 17.5 Å². The Balaban J connectivity index is 2.59. The minimum absolute atomic E-state index is 0.239. The van der Waals surface area contributed by atoms with Crippen molar-refractivity contribution in [3.8, 4) is 0 Å². The van der Waals surface area contributed by atoms with E-state index in [2.05, 4.69) is 10.6 Å². The predicted octanol–water partition coefficient (Wildman–Crippen LogP) is 1.09. The normalized spacial score (nSPS) is 13.6. The molecule has 0 aliphatic heterocycles. The molecule has 3 N–H and O–H groups in total. The van der Waals surface area contributed by atoms with Crippen molar-refractivity contribution in [1.82, 2.24) is 10.6 Å². The van der Waals surface area contributed by atoms with E-state index in [-0.39, 0.29) is 11.8 Å². The van der Waals surface area contributed by atoms with E-state index in [0.717, 1.165) is 0 Å². The molecule has 2 amide bonds. The van der Waals surface area contributed by atoms with Crippen LogP contribution in [-0.4, -0.2) is 35.0 Å². The van der Waals surface area contributed by atoms with Gasteiger partial charge in [-0.3, -0.25) is 9.59 Å². The maximum absolute atomic E-state index is 11.9. The van der Waals surface area contributed by atoms with Crippen LogP contribution >= 0.6 is 11.3 Å². The second-order valence-electron chi connectivity index (χ2n) is 4.74. The molecule has 0 spiro atoms. The number of carbonyl (C=O) groups excluding carboxylic acids is 2. The Hall–Kier alpha value is -1.89. The summed E-state index contributed by atoms with van der Waals surface area (Å²) in [5.41, 5.74) is 0. The molecule has 0 saturated heterocycles. The summed E-state index contributed by atoms with van der Waals surface area (Å²) in [7, 11) is 0. The van der Waals surface area contributed by atoms with E-state index in [4.69, 9.17) is 5.11 Å². The number of thiophene rings is 1. The lowest BCUT2D eigenvalue weighted by Gasteiger charge is -2.20. The lowest BCUT2D eigenvalue weighted by atomic mass is 10.0. The van der Waals surface area contributed by atoms with Crippen molar-refractivity contribution in [3.05, 3.63) is 22.4 Å². The van der Waals surface area contributed by atoms with E-state index >= 15 is 0 Å². The molecule has 1 heterocycles. The Bertz CT molecular complexity index is 485. The molecule has 0 bridgehead atoms. The fourth-order valence-electron chi connectivity index (χ4n) is 1.53. The summed E-state index contributed by atoms with van der Waals surface area (Å²) in [6.07, 6.45) is 0. The lowest BCUT2D eigenvalue weighted by Crippen LogP contribution is -2.51. The topological polar surface area (TPSA) is 95.5 Å². The Kier molecular flexibility index (Phi) is 5.69. The highest BCUT2D eigenvalue weighted by Gasteiger charge is 2.26. The minimum Gasteiger partial charge on any atom is -0.480 e. The molecular formula is C13H18N2O4S. The number of carboxylic acids is 1. The number of amides is 2. The Morgan fingerprint density at radius 3 is 2.30 bits per heavy atom. The van der Waals surface area contributed by atoms with Crippen molar-refractivity contribution in [1.29, 1.82) is 0 Å². The third-order valence-electron chi connectivity index (χ3n) is 2.72. The van der Waals surface area contributed by atoms with Gasteiger partial charge in [-0.2, -0.15) is 0 Å². The van der Waals surface area contributed by atoms with Gasteiger partial charge in [0.2, 0.25) is 5.91 Å². The van der Waals surface area contributed by atoms with Crippen LogP contribution in [-0.2, 0) is 9.59 Å². The highest BCUT2D eigenvalue weighted by Crippen LogP contribution is 2.08. The van der Waals surface area contributed by atoms with Crippen molar-refractivity contribution in [3.63, 3.8) is 0 Å². The predicted molar refractivity (Wildman–Crippen MR) is 75.7 cm³/mol. The molecule has 110 valence electrons. The van der Waals surface area contributed by atoms with Gasteiger partial charge in [0.25, 0.3) is 5.91 Å². The summed E-state index contributed by atoms with van der Waals surface area (Å²) >= 11 is 1.27. The van der Waals surface area contributed by atoms with Crippen LogP contribution in [0.2, 0.25) is 0 Å². The number of hydrogen-bond acceptors (Lipinski definition) is 4. The zero-order valence-corrected chi connectivity index (χ0v) is 12.4. The van der Waals surface area contributed by atoms with Gasteiger partial charge in [0.05, 0.1) is 4.88 Å². The molecule has 0 radical (unpaired) electrons. The molecule has 0 aliphatic carbocycles. The fraction of sp³-hybridized carbons (Fsp3) is 0.462. The molecule has 6 nitrogen and oxygen atoms in total. The molecule has 20 heavy (non-hydrogen) atoms. The van der Waals surface area contributed by atoms with E-state index in [1.54, 1.807) is 31.4 Å². The smallest absolute Gasteiger partial charge is 0.326 e. The maximum atomic E-state index is 11.9. The summed E-state index contributed by atoms with van der Waals surface area (Å²) in [6.45, 7) is 4.92. The van der Waals surface area contributed by atoms with Gasteiger partial charge in [0.1, 0.15) is 12.1 Å². The molecular weight excluding hydrogens is 280 g/mol. The Morgan fingerprint density at radius 1 is 1.20 bits per heavy atom. The van der Waals surface area contributed by atoms with Gasteiger partial charge in [0, 0.05) is 0 Å². The standard InChI is InChI=1S/C13H18N2O4S/c1-7(2)10(13(18)19)15-11(16)8(3)14-12(17)9-5-4-6-20-9/h4-8,10H,1-3H3,(H,14,17)(H,15,16)(H,18,19). The average molecular weight is 298 g/mol. The van der Waals surface area contributed by atoms with E-state index in [1.165, 1.54) is 18.3 Å². The van der Waals surface area contributed by atoms with Crippen molar-refractivity contribution in [2.24, 2.45) is 5.92 Å². The first-order chi connectivity index (χ1) is 9.32. The average Bonchev–Trinajstić information content (AvgIpc) is 2.88. The van der Waals surface area contributed by atoms with Gasteiger partial charge in [-0.05, 0) is 24.3 Å². The van der Waals surface area contributed by atoms with Crippen LogP contribution in [0.25, 0.3) is 0 Å². The summed E-state index contributed by atoms with van der Waals surface area (Å²) in [6, 6.07) is 1.62. The van der Waals surface area contributed by atoms with Crippen LogP contribution in [0, 0.1) is 5.92 Å². The summed E-state index contributed by atoms with van der Waals surface area (Å²) in [5.74, 6) is -2.20. The Labute approximate surface area is 121 Å². The molecule has 2 atom stereocenters. The highest BCUT2D eigenvalue weighted by atomic mass is 32.1. The zero-order chi connectivity index (χ0) is 15.3. The first kappa shape index (κ1) is 16.2. The number of carbonyl (C=O) groups is 3. The van der Waals surface area contributed by atoms with Crippen LogP contribution in [0.1, 0.15) is 30.4 Å². The lowest BCUT2D eigenvalue weighted by molar-refractivity contribution is -0.143. The van der Waals surface area contributed by atoms with E-state index < -0.39 is 24.0 Å². The second kappa shape index (κ2) is 7.04. The molecule has 1 rings (SSSR count). The van der Waals surface area contributed by atoms with Crippen LogP contribution in [0.5, 0.6) is 0 Å². The molecule has 7 heteroatoms.